The second-order valence-electron chi connectivity index (χ2n) is 9.01. The van der Waals surface area contributed by atoms with Crippen LogP contribution < -0.4 is 9.62 Å². The van der Waals surface area contributed by atoms with Gasteiger partial charge in [-0.15, -0.1) is 0 Å². The number of aromatic carboxylic acids is 1. The van der Waals surface area contributed by atoms with Crippen molar-refractivity contribution in [2.45, 2.75) is 31.1 Å². The van der Waals surface area contributed by atoms with Gasteiger partial charge in [-0.1, -0.05) is 44.5 Å². The van der Waals surface area contributed by atoms with Crippen molar-refractivity contribution < 1.29 is 27.9 Å². The number of carboxylic acids is 1. The van der Waals surface area contributed by atoms with E-state index in [-0.39, 0.29) is 37.8 Å². The lowest BCUT2D eigenvalue weighted by atomic mass is 9.87. The fraction of sp³-hybridized carbons (Fsp3) is 0.217. The Morgan fingerprint density at radius 1 is 1.03 bits per heavy atom. The quantitative estimate of drug-likeness (QED) is 0.493. The van der Waals surface area contributed by atoms with Crippen LogP contribution >= 0.6 is 11.6 Å². The number of sulfonamides is 1. The van der Waals surface area contributed by atoms with Crippen LogP contribution in [0, 0.1) is 0 Å². The molecule has 2 amide bonds. The number of imide groups is 1. The highest BCUT2D eigenvalue weighted by atomic mass is 35.5. The average Bonchev–Trinajstić information content (AvgIpc) is 3.27. The van der Waals surface area contributed by atoms with E-state index in [9.17, 15) is 27.9 Å². The summed E-state index contributed by atoms with van der Waals surface area (Å²) < 4.78 is 29.7. The predicted molar refractivity (Wildman–Crippen MR) is 129 cm³/mol. The lowest BCUT2D eigenvalue weighted by Crippen LogP contribution is -2.30. The molecule has 2 heterocycles. The fourth-order valence-electron chi connectivity index (χ4n) is 3.76. The van der Waals surface area contributed by atoms with Gasteiger partial charge < -0.3 is 5.11 Å². The standard InChI is InChI=1S/C23H21ClN4O6S/c1-23(2,3)12-5-7-13(8-6-12)35(33,34)26-15-10-9-14(24)17-18(15)21(30)28(20(17)29)16-11-27(4)25-19(16)22(31)32/h5-11,26H,1-4H3,(H,31,32). The molecule has 0 spiro atoms. The minimum Gasteiger partial charge on any atom is -0.476 e. The Bertz CT molecular complexity index is 1500. The zero-order valence-electron chi connectivity index (χ0n) is 19.2. The number of anilines is 2. The van der Waals surface area contributed by atoms with Gasteiger partial charge >= 0.3 is 5.97 Å². The van der Waals surface area contributed by atoms with Crippen LogP contribution in [0.4, 0.5) is 11.4 Å². The first-order valence-corrected chi connectivity index (χ1v) is 12.2. The normalized spacial score (nSPS) is 13.8. The number of carboxylic acid groups (broad SMARTS) is 1. The van der Waals surface area contributed by atoms with Crippen LogP contribution in [0.1, 0.15) is 57.5 Å². The number of carbonyl (C=O) groups is 3. The summed E-state index contributed by atoms with van der Waals surface area (Å²) >= 11 is 6.20. The zero-order chi connectivity index (χ0) is 25.9. The van der Waals surface area contributed by atoms with Gasteiger partial charge in [-0.25, -0.2) is 18.1 Å². The monoisotopic (exact) mass is 516 g/mol. The second-order valence-corrected chi connectivity index (χ2v) is 11.1. The number of aryl methyl sites for hydroxylation is 1. The van der Waals surface area contributed by atoms with Crippen LogP contribution in [0.2, 0.25) is 5.02 Å². The number of rotatable bonds is 5. The molecule has 182 valence electrons. The van der Waals surface area contributed by atoms with Crippen molar-refractivity contribution in [3.8, 4) is 0 Å². The van der Waals surface area contributed by atoms with Crippen molar-refractivity contribution in [3.05, 3.63) is 70.0 Å². The van der Waals surface area contributed by atoms with Crippen LogP contribution in [0.15, 0.2) is 47.5 Å². The van der Waals surface area contributed by atoms with Gasteiger partial charge in [0.2, 0.25) is 0 Å². The van der Waals surface area contributed by atoms with E-state index in [0.29, 0.717) is 4.90 Å². The van der Waals surface area contributed by atoms with E-state index in [1.54, 1.807) is 12.1 Å². The molecule has 0 radical (unpaired) electrons. The maximum atomic E-state index is 13.3. The van der Waals surface area contributed by atoms with Crippen molar-refractivity contribution in [2.75, 3.05) is 9.62 Å². The van der Waals surface area contributed by atoms with Crippen LogP contribution in [0.25, 0.3) is 0 Å². The van der Waals surface area contributed by atoms with E-state index in [2.05, 4.69) is 9.82 Å². The summed E-state index contributed by atoms with van der Waals surface area (Å²) in [6.07, 6.45) is 1.21. The maximum Gasteiger partial charge on any atom is 0.358 e. The largest absolute Gasteiger partial charge is 0.476 e. The predicted octanol–water partition coefficient (Wildman–Crippen LogP) is 3.67. The molecule has 1 aliphatic rings. The maximum absolute atomic E-state index is 13.3. The van der Waals surface area contributed by atoms with Gasteiger partial charge in [0, 0.05) is 13.2 Å². The molecular weight excluding hydrogens is 496 g/mol. The second kappa shape index (κ2) is 8.21. The van der Waals surface area contributed by atoms with Gasteiger partial charge in [-0.2, -0.15) is 5.10 Å². The van der Waals surface area contributed by atoms with Gasteiger partial charge in [0.15, 0.2) is 5.69 Å². The highest BCUT2D eigenvalue weighted by Crippen LogP contribution is 2.38. The van der Waals surface area contributed by atoms with Crippen LogP contribution in [0.3, 0.4) is 0 Å². The van der Waals surface area contributed by atoms with E-state index >= 15 is 0 Å². The molecule has 0 saturated carbocycles. The Labute approximate surface area is 206 Å². The number of hydrogen-bond acceptors (Lipinski definition) is 6. The van der Waals surface area contributed by atoms with E-state index in [0.717, 1.165) is 10.2 Å². The smallest absolute Gasteiger partial charge is 0.358 e. The molecule has 1 aromatic heterocycles. The van der Waals surface area contributed by atoms with E-state index in [1.165, 1.54) is 37.5 Å². The molecule has 0 bridgehead atoms. The van der Waals surface area contributed by atoms with Crippen molar-refractivity contribution >= 4 is 50.8 Å². The Balaban J connectivity index is 1.77. The molecule has 0 unspecified atom stereocenters. The van der Waals surface area contributed by atoms with Gasteiger partial charge in [-0.3, -0.25) is 19.0 Å². The first kappa shape index (κ1) is 24.4. The topological polar surface area (TPSA) is 139 Å². The van der Waals surface area contributed by atoms with Gasteiger partial charge in [0.05, 0.1) is 26.7 Å². The number of amides is 2. The third-order valence-corrected chi connectivity index (χ3v) is 7.21. The summed E-state index contributed by atoms with van der Waals surface area (Å²) in [4.78, 5) is 38.7. The summed E-state index contributed by atoms with van der Waals surface area (Å²) in [7, 11) is -2.70. The molecule has 2 N–H and O–H groups in total. The van der Waals surface area contributed by atoms with Gasteiger partial charge in [-0.05, 0) is 35.2 Å². The Hall–Kier alpha value is -3.70. The van der Waals surface area contributed by atoms with Crippen LogP contribution in [-0.2, 0) is 22.5 Å². The fourth-order valence-corrected chi connectivity index (χ4v) is 5.07. The first-order chi connectivity index (χ1) is 16.2. The number of aromatic nitrogens is 2. The molecule has 10 nitrogen and oxygen atoms in total. The minimum atomic E-state index is -4.14. The third kappa shape index (κ3) is 4.17. The zero-order valence-corrected chi connectivity index (χ0v) is 20.7. The number of halogens is 1. The van der Waals surface area contributed by atoms with Crippen LogP contribution in [-0.4, -0.2) is 41.1 Å². The highest BCUT2D eigenvalue weighted by Gasteiger charge is 2.43. The van der Waals surface area contributed by atoms with E-state index in [4.69, 9.17) is 11.6 Å². The number of nitrogens with one attached hydrogen (secondary N) is 1. The van der Waals surface area contributed by atoms with Crippen LogP contribution in [0.5, 0.6) is 0 Å². The lowest BCUT2D eigenvalue weighted by Gasteiger charge is -2.19. The first-order valence-electron chi connectivity index (χ1n) is 10.3. The number of nitrogens with zero attached hydrogens (tertiary/aromatic N) is 3. The summed E-state index contributed by atoms with van der Waals surface area (Å²) in [5, 5.41) is 13.1. The van der Waals surface area contributed by atoms with E-state index < -0.39 is 33.5 Å². The summed E-state index contributed by atoms with van der Waals surface area (Å²) in [5.41, 5.74) is -0.688. The molecule has 1 aliphatic heterocycles. The van der Waals surface area contributed by atoms with E-state index in [1.807, 2.05) is 20.8 Å². The molecule has 0 saturated heterocycles. The minimum absolute atomic E-state index is 0.0387. The molecule has 4 rings (SSSR count). The summed E-state index contributed by atoms with van der Waals surface area (Å²) in [6.45, 7) is 5.99. The Morgan fingerprint density at radius 3 is 2.20 bits per heavy atom. The molecular formula is C23H21ClN4O6S. The average molecular weight is 517 g/mol. The number of benzene rings is 2. The molecule has 12 heteroatoms. The molecule has 3 aromatic rings. The van der Waals surface area contributed by atoms with Gasteiger partial charge in [0.25, 0.3) is 21.8 Å². The van der Waals surface area contributed by atoms with Crippen molar-refractivity contribution in [2.24, 2.45) is 7.05 Å². The van der Waals surface area contributed by atoms with Crippen molar-refractivity contribution in [3.63, 3.8) is 0 Å². The number of fused-ring (bicyclic) bond motifs is 1. The SMILES string of the molecule is Cn1cc(N2C(=O)c3c(Cl)ccc(NS(=O)(=O)c4ccc(C(C)(C)C)cc4)c3C2=O)c(C(=O)O)n1. The molecule has 0 aliphatic carbocycles. The highest BCUT2D eigenvalue weighted by molar-refractivity contribution is 7.92. The Kier molecular flexibility index (Phi) is 5.73. The number of carbonyl (C=O) groups excluding carboxylic acids is 2. The Morgan fingerprint density at radius 2 is 1.63 bits per heavy atom. The third-order valence-electron chi connectivity index (χ3n) is 5.52. The molecule has 2 aromatic carbocycles. The lowest BCUT2D eigenvalue weighted by molar-refractivity contribution is 0.0690. The summed E-state index contributed by atoms with van der Waals surface area (Å²) in [6, 6.07) is 8.87. The van der Waals surface area contributed by atoms with Crippen molar-refractivity contribution in [1.29, 1.82) is 0 Å². The van der Waals surface area contributed by atoms with Crippen molar-refractivity contribution in [1.82, 2.24) is 9.78 Å². The molecule has 0 fully saturated rings. The van der Waals surface area contributed by atoms with Gasteiger partial charge in [0.1, 0.15) is 5.69 Å². The molecule has 35 heavy (non-hydrogen) atoms. The summed E-state index contributed by atoms with van der Waals surface area (Å²) in [5.74, 6) is -3.26. The number of hydrogen-bond donors (Lipinski definition) is 2. The molecule has 0 atom stereocenters.